The number of aryl methyl sites for hydroxylation is 2. The van der Waals surface area contributed by atoms with Crippen LogP contribution in [-0.4, -0.2) is 17.8 Å². The van der Waals surface area contributed by atoms with Crippen LogP contribution in [0.2, 0.25) is 0 Å². The molecule has 0 N–H and O–H groups in total. The predicted molar refractivity (Wildman–Crippen MR) is 69.8 cm³/mol. The van der Waals surface area contributed by atoms with Gasteiger partial charge in [0, 0.05) is 19.4 Å². The van der Waals surface area contributed by atoms with E-state index in [4.69, 9.17) is 10.00 Å². The van der Waals surface area contributed by atoms with Gasteiger partial charge in [0.1, 0.15) is 12.4 Å². The summed E-state index contributed by atoms with van der Waals surface area (Å²) in [5, 5.41) is 8.45. The number of hydrogen-bond donors (Lipinski definition) is 0. The predicted octanol–water partition coefficient (Wildman–Crippen LogP) is 2.29. The van der Waals surface area contributed by atoms with Crippen molar-refractivity contribution in [1.29, 1.82) is 5.26 Å². The van der Waals surface area contributed by atoms with Crippen molar-refractivity contribution in [3.63, 3.8) is 0 Å². The molecule has 0 radical (unpaired) electrons. The van der Waals surface area contributed by atoms with Gasteiger partial charge in [0.25, 0.3) is 0 Å². The summed E-state index contributed by atoms with van der Waals surface area (Å²) in [7, 11) is 0. The van der Waals surface area contributed by atoms with Crippen molar-refractivity contribution < 1.29 is 9.30 Å². The van der Waals surface area contributed by atoms with Crippen molar-refractivity contribution in [3.05, 3.63) is 18.7 Å². The van der Waals surface area contributed by atoms with Crippen molar-refractivity contribution in [1.82, 2.24) is 4.57 Å². The van der Waals surface area contributed by atoms with E-state index in [-0.39, 0.29) is 0 Å². The monoisotopic (exact) mass is 250 g/mol. The minimum Gasteiger partial charge on any atom is -0.381 e. The fraction of sp³-hybridized carbons (Fsp3) is 0.714. The van der Waals surface area contributed by atoms with E-state index in [9.17, 15) is 0 Å². The molecule has 100 valence electrons. The maximum atomic E-state index is 8.45. The maximum Gasteiger partial charge on any atom is 0.243 e. The lowest BCUT2D eigenvalue weighted by Gasteiger charge is -2.00. The van der Waals surface area contributed by atoms with Gasteiger partial charge in [0.05, 0.1) is 25.8 Å². The smallest absolute Gasteiger partial charge is 0.243 e. The van der Waals surface area contributed by atoms with Crippen LogP contribution in [0.4, 0.5) is 0 Å². The number of aromatic nitrogens is 2. The van der Waals surface area contributed by atoms with Crippen molar-refractivity contribution in [3.8, 4) is 6.07 Å². The van der Waals surface area contributed by atoms with Crippen LogP contribution in [-0.2, 0) is 17.8 Å². The largest absolute Gasteiger partial charge is 0.381 e. The Labute approximate surface area is 110 Å². The Kier molecular flexibility index (Phi) is 7.90. The SMILES string of the molecule is CCCOCCC[n+]1ccn(CCCCC#N)c1. The maximum absolute atomic E-state index is 8.45. The van der Waals surface area contributed by atoms with Crippen LogP contribution >= 0.6 is 0 Å². The third-order valence-corrected chi connectivity index (χ3v) is 2.75. The Hall–Kier alpha value is -1.34. The van der Waals surface area contributed by atoms with Crippen LogP contribution < -0.4 is 4.57 Å². The molecule has 1 heterocycles. The number of hydrogen-bond acceptors (Lipinski definition) is 2. The Bertz CT molecular complexity index is 354. The van der Waals surface area contributed by atoms with Gasteiger partial charge in [-0.3, -0.25) is 0 Å². The minimum atomic E-state index is 0.663. The fourth-order valence-corrected chi connectivity index (χ4v) is 1.80. The third kappa shape index (κ3) is 6.41. The molecule has 0 fully saturated rings. The highest BCUT2D eigenvalue weighted by Crippen LogP contribution is 1.97. The van der Waals surface area contributed by atoms with E-state index in [1.807, 2.05) is 0 Å². The number of nitriles is 1. The minimum absolute atomic E-state index is 0.663. The molecule has 0 aliphatic carbocycles. The summed E-state index contributed by atoms with van der Waals surface area (Å²) >= 11 is 0. The first kappa shape index (κ1) is 14.7. The van der Waals surface area contributed by atoms with E-state index in [1.165, 1.54) is 0 Å². The summed E-state index contributed by atoms with van der Waals surface area (Å²) in [4.78, 5) is 0. The Morgan fingerprint density at radius 1 is 1.28 bits per heavy atom. The van der Waals surface area contributed by atoms with Gasteiger partial charge in [0.2, 0.25) is 6.33 Å². The molecular weight excluding hydrogens is 226 g/mol. The Morgan fingerprint density at radius 2 is 2.17 bits per heavy atom. The molecular formula is C14H24N3O+. The summed E-state index contributed by atoms with van der Waals surface area (Å²) in [6.07, 6.45) is 11.2. The molecule has 4 nitrogen and oxygen atoms in total. The summed E-state index contributed by atoms with van der Waals surface area (Å²) in [6, 6.07) is 2.18. The normalized spacial score (nSPS) is 10.4. The topological polar surface area (TPSA) is 41.8 Å². The number of unbranched alkanes of at least 4 members (excludes halogenated alkanes) is 2. The summed E-state index contributed by atoms with van der Waals surface area (Å²) in [5.41, 5.74) is 0. The second-order valence-electron chi connectivity index (χ2n) is 4.47. The molecule has 0 bridgehead atoms. The molecule has 0 aromatic carbocycles. The molecule has 0 unspecified atom stereocenters. The zero-order chi connectivity index (χ0) is 13.1. The van der Waals surface area contributed by atoms with Gasteiger partial charge in [-0.2, -0.15) is 5.26 Å². The Balaban J connectivity index is 2.12. The molecule has 0 amide bonds. The molecule has 0 spiro atoms. The van der Waals surface area contributed by atoms with Crippen molar-refractivity contribution in [2.75, 3.05) is 13.2 Å². The fourth-order valence-electron chi connectivity index (χ4n) is 1.80. The number of imidazole rings is 1. The standard InChI is InChI=1S/C14H24N3O/c1-2-12-18-13-6-9-17-11-10-16(14-17)8-5-3-4-7-15/h10-11,14H,2-6,8-9,12-13H2,1H3/q+1. The van der Waals surface area contributed by atoms with Crippen molar-refractivity contribution >= 4 is 0 Å². The number of rotatable bonds is 10. The lowest BCUT2D eigenvalue weighted by Crippen LogP contribution is -2.31. The second-order valence-corrected chi connectivity index (χ2v) is 4.47. The highest BCUT2D eigenvalue weighted by molar-refractivity contribution is 4.70. The first-order chi connectivity index (χ1) is 8.86. The van der Waals surface area contributed by atoms with Gasteiger partial charge in [0.15, 0.2) is 0 Å². The molecule has 4 heteroatoms. The van der Waals surface area contributed by atoms with E-state index in [2.05, 4.69) is 40.8 Å². The van der Waals surface area contributed by atoms with Crippen LogP contribution in [0.1, 0.15) is 39.0 Å². The molecule has 18 heavy (non-hydrogen) atoms. The molecule has 1 aromatic rings. The lowest BCUT2D eigenvalue weighted by molar-refractivity contribution is -0.697. The van der Waals surface area contributed by atoms with Gasteiger partial charge in [-0.15, -0.1) is 0 Å². The number of nitrogens with zero attached hydrogens (tertiary/aromatic N) is 3. The van der Waals surface area contributed by atoms with Crippen LogP contribution in [0.15, 0.2) is 18.7 Å². The second kappa shape index (κ2) is 9.67. The Morgan fingerprint density at radius 3 is 2.94 bits per heavy atom. The van der Waals surface area contributed by atoms with Gasteiger partial charge in [-0.25, -0.2) is 9.13 Å². The van der Waals surface area contributed by atoms with Gasteiger partial charge in [-0.05, 0) is 19.3 Å². The zero-order valence-electron chi connectivity index (χ0n) is 11.3. The zero-order valence-corrected chi connectivity index (χ0v) is 11.3. The number of ether oxygens (including phenoxy) is 1. The van der Waals surface area contributed by atoms with Crippen LogP contribution in [0, 0.1) is 11.3 Å². The van der Waals surface area contributed by atoms with E-state index in [0.29, 0.717) is 6.42 Å². The van der Waals surface area contributed by atoms with Crippen LogP contribution in [0.3, 0.4) is 0 Å². The van der Waals surface area contributed by atoms with Crippen LogP contribution in [0.25, 0.3) is 0 Å². The van der Waals surface area contributed by atoms with Crippen molar-refractivity contribution in [2.45, 2.75) is 52.1 Å². The average molecular weight is 250 g/mol. The summed E-state index contributed by atoms with van der Waals surface area (Å²) < 4.78 is 9.83. The molecule has 1 aromatic heterocycles. The first-order valence-corrected chi connectivity index (χ1v) is 6.86. The van der Waals surface area contributed by atoms with E-state index >= 15 is 0 Å². The van der Waals surface area contributed by atoms with Gasteiger partial charge >= 0.3 is 0 Å². The first-order valence-electron chi connectivity index (χ1n) is 6.86. The summed E-state index contributed by atoms with van der Waals surface area (Å²) in [5.74, 6) is 0. The molecule has 1 rings (SSSR count). The molecule has 0 atom stereocenters. The van der Waals surface area contributed by atoms with Gasteiger partial charge < -0.3 is 4.74 Å². The average Bonchev–Trinajstić information content (AvgIpc) is 2.82. The quantitative estimate of drug-likeness (QED) is 0.472. The molecule has 0 aliphatic rings. The van der Waals surface area contributed by atoms with E-state index in [0.717, 1.165) is 52.0 Å². The molecule has 0 aliphatic heterocycles. The van der Waals surface area contributed by atoms with Crippen molar-refractivity contribution in [2.24, 2.45) is 0 Å². The summed E-state index contributed by atoms with van der Waals surface area (Å²) in [6.45, 7) is 5.84. The third-order valence-electron chi connectivity index (χ3n) is 2.75. The molecule has 0 saturated heterocycles. The highest BCUT2D eigenvalue weighted by atomic mass is 16.5. The van der Waals surface area contributed by atoms with E-state index < -0.39 is 0 Å². The van der Waals surface area contributed by atoms with Crippen LogP contribution in [0.5, 0.6) is 0 Å². The van der Waals surface area contributed by atoms with E-state index in [1.54, 1.807) is 0 Å². The molecule has 0 saturated carbocycles. The van der Waals surface area contributed by atoms with Gasteiger partial charge in [-0.1, -0.05) is 6.92 Å². The lowest BCUT2D eigenvalue weighted by atomic mass is 10.2. The highest BCUT2D eigenvalue weighted by Gasteiger charge is 2.03.